The van der Waals surface area contributed by atoms with Gasteiger partial charge in [-0.3, -0.25) is 0 Å². The number of halogens is 1. The highest BCUT2D eigenvalue weighted by atomic mass is 127. The van der Waals surface area contributed by atoms with Crippen molar-refractivity contribution in [2.45, 2.75) is 27.3 Å². The zero-order valence-electron chi connectivity index (χ0n) is 13.3. The molecule has 0 saturated heterocycles. The topological polar surface area (TPSA) is 60.1 Å². The Morgan fingerprint density at radius 1 is 1.19 bits per heavy atom. The lowest BCUT2D eigenvalue weighted by molar-refractivity contribution is 0.310. The Kier molecular flexibility index (Phi) is 9.94. The smallest absolute Gasteiger partial charge is 0.191 e. The third-order valence-electron chi connectivity index (χ3n) is 3.04. The van der Waals surface area contributed by atoms with E-state index in [2.05, 4.69) is 18.8 Å². The largest absolute Gasteiger partial charge is 0.493 e. The van der Waals surface area contributed by atoms with Gasteiger partial charge in [0.1, 0.15) is 0 Å². The van der Waals surface area contributed by atoms with Crippen molar-refractivity contribution >= 4 is 29.9 Å². The fourth-order valence-electron chi connectivity index (χ4n) is 1.90. The molecule has 0 spiro atoms. The lowest BCUT2D eigenvalue weighted by Crippen LogP contribution is -2.37. The fraction of sp³-hybridized carbons (Fsp3) is 0.533. The van der Waals surface area contributed by atoms with E-state index in [1.165, 1.54) is 0 Å². The number of benzene rings is 1. The number of aliphatic imine (C=N–C) groups is 1. The summed E-state index contributed by atoms with van der Waals surface area (Å²) in [5, 5.41) is 0. The molecule has 0 atom stereocenters. The third-order valence-corrected chi connectivity index (χ3v) is 3.04. The maximum absolute atomic E-state index is 5.95. The molecule has 0 heterocycles. The van der Waals surface area contributed by atoms with E-state index in [0.29, 0.717) is 19.1 Å². The number of ether oxygens (including phenoxy) is 2. The second-order valence-corrected chi connectivity index (χ2v) is 4.26. The molecule has 0 amide bonds. The Hall–Kier alpha value is -1.18. The van der Waals surface area contributed by atoms with Gasteiger partial charge in [-0.25, -0.2) is 4.99 Å². The normalized spacial score (nSPS) is 10.8. The summed E-state index contributed by atoms with van der Waals surface area (Å²) >= 11 is 0. The third kappa shape index (κ3) is 5.99. The summed E-state index contributed by atoms with van der Waals surface area (Å²) < 4.78 is 10.8. The Morgan fingerprint density at radius 2 is 1.86 bits per heavy atom. The Balaban J connectivity index is 0.00000400. The van der Waals surface area contributed by atoms with Gasteiger partial charge in [0.25, 0.3) is 0 Å². The highest BCUT2D eigenvalue weighted by Crippen LogP contribution is 2.28. The molecule has 120 valence electrons. The van der Waals surface area contributed by atoms with E-state index in [4.69, 9.17) is 15.2 Å². The minimum absolute atomic E-state index is 0. The van der Waals surface area contributed by atoms with Crippen LogP contribution < -0.4 is 15.2 Å². The van der Waals surface area contributed by atoms with Crippen LogP contribution in [0.15, 0.2) is 23.2 Å². The number of methoxy groups -OCH3 is 1. The van der Waals surface area contributed by atoms with E-state index in [1.54, 1.807) is 7.11 Å². The summed E-state index contributed by atoms with van der Waals surface area (Å²) in [7, 11) is 1.63. The first kappa shape index (κ1) is 19.8. The summed E-state index contributed by atoms with van der Waals surface area (Å²) in [6.07, 6.45) is 0. The average molecular weight is 407 g/mol. The van der Waals surface area contributed by atoms with E-state index in [1.807, 2.05) is 30.0 Å². The van der Waals surface area contributed by atoms with Gasteiger partial charge < -0.3 is 20.1 Å². The molecule has 0 aromatic heterocycles. The van der Waals surface area contributed by atoms with Crippen LogP contribution in [0.3, 0.4) is 0 Å². The standard InChI is InChI=1S/C15H25N3O2.HI/c1-5-18(6-2)15(16)17-11-12-8-9-13(20-7-3)14(10-12)19-4;/h8-10H,5-7,11H2,1-4H3,(H2,16,17);1H. The van der Waals surface area contributed by atoms with Crippen molar-refractivity contribution in [2.75, 3.05) is 26.8 Å². The summed E-state index contributed by atoms with van der Waals surface area (Å²) in [5.41, 5.74) is 7.00. The molecule has 0 unspecified atom stereocenters. The Morgan fingerprint density at radius 3 is 2.38 bits per heavy atom. The van der Waals surface area contributed by atoms with Crippen LogP contribution in [-0.2, 0) is 6.54 Å². The van der Waals surface area contributed by atoms with Gasteiger partial charge in [0.2, 0.25) is 0 Å². The van der Waals surface area contributed by atoms with Gasteiger partial charge in [-0.1, -0.05) is 6.07 Å². The predicted octanol–water partition coefficient (Wildman–Crippen LogP) is 2.87. The molecule has 6 heteroatoms. The van der Waals surface area contributed by atoms with Crippen molar-refractivity contribution < 1.29 is 9.47 Å². The van der Waals surface area contributed by atoms with E-state index < -0.39 is 0 Å². The summed E-state index contributed by atoms with van der Waals surface area (Å²) in [6.45, 7) is 8.94. The summed E-state index contributed by atoms with van der Waals surface area (Å²) in [5.74, 6) is 2.04. The van der Waals surface area contributed by atoms with Crippen LogP contribution in [0, 0.1) is 0 Å². The fourth-order valence-corrected chi connectivity index (χ4v) is 1.90. The van der Waals surface area contributed by atoms with Gasteiger partial charge in [-0.05, 0) is 38.5 Å². The van der Waals surface area contributed by atoms with Gasteiger partial charge in [-0.15, -0.1) is 24.0 Å². The lowest BCUT2D eigenvalue weighted by Gasteiger charge is -2.19. The van der Waals surface area contributed by atoms with E-state index in [0.717, 1.165) is 30.2 Å². The van der Waals surface area contributed by atoms with Gasteiger partial charge in [0.05, 0.1) is 20.3 Å². The molecule has 0 bridgehead atoms. The van der Waals surface area contributed by atoms with Crippen LogP contribution in [0.5, 0.6) is 11.5 Å². The molecule has 1 aromatic carbocycles. The Labute approximate surface area is 144 Å². The molecular weight excluding hydrogens is 381 g/mol. The zero-order chi connectivity index (χ0) is 15.0. The molecule has 2 N–H and O–H groups in total. The number of hydrogen-bond donors (Lipinski definition) is 1. The first-order valence-electron chi connectivity index (χ1n) is 7.00. The number of nitrogens with zero attached hydrogens (tertiary/aromatic N) is 2. The molecule has 0 radical (unpaired) electrons. The molecule has 21 heavy (non-hydrogen) atoms. The van der Waals surface area contributed by atoms with Crippen LogP contribution in [0.25, 0.3) is 0 Å². The SMILES string of the molecule is CCOc1ccc(CN=C(N)N(CC)CC)cc1OC.I. The molecular formula is C15H26IN3O2. The summed E-state index contributed by atoms with van der Waals surface area (Å²) in [4.78, 5) is 6.43. The maximum Gasteiger partial charge on any atom is 0.191 e. The number of guanidine groups is 1. The minimum atomic E-state index is 0. The molecule has 0 aliphatic rings. The van der Waals surface area contributed by atoms with Crippen molar-refractivity contribution in [3.63, 3.8) is 0 Å². The van der Waals surface area contributed by atoms with E-state index in [9.17, 15) is 0 Å². The van der Waals surface area contributed by atoms with Crippen LogP contribution in [0.4, 0.5) is 0 Å². The highest BCUT2D eigenvalue weighted by Gasteiger charge is 2.06. The van der Waals surface area contributed by atoms with Gasteiger partial charge in [0.15, 0.2) is 17.5 Å². The highest BCUT2D eigenvalue weighted by molar-refractivity contribution is 14.0. The van der Waals surface area contributed by atoms with E-state index in [-0.39, 0.29) is 24.0 Å². The molecule has 1 rings (SSSR count). The number of rotatable bonds is 7. The molecule has 0 saturated carbocycles. The monoisotopic (exact) mass is 407 g/mol. The van der Waals surface area contributed by atoms with Gasteiger partial charge >= 0.3 is 0 Å². The van der Waals surface area contributed by atoms with Crippen molar-refractivity contribution in [3.05, 3.63) is 23.8 Å². The van der Waals surface area contributed by atoms with Crippen LogP contribution in [0.2, 0.25) is 0 Å². The van der Waals surface area contributed by atoms with Gasteiger partial charge in [0, 0.05) is 13.1 Å². The van der Waals surface area contributed by atoms with Gasteiger partial charge in [-0.2, -0.15) is 0 Å². The van der Waals surface area contributed by atoms with Crippen molar-refractivity contribution in [2.24, 2.45) is 10.7 Å². The van der Waals surface area contributed by atoms with E-state index >= 15 is 0 Å². The minimum Gasteiger partial charge on any atom is -0.493 e. The average Bonchev–Trinajstić information content (AvgIpc) is 2.47. The predicted molar refractivity (Wildman–Crippen MR) is 97.8 cm³/mol. The molecule has 0 aliphatic heterocycles. The van der Waals surface area contributed by atoms with Crippen LogP contribution in [0.1, 0.15) is 26.3 Å². The zero-order valence-corrected chi connectivity index (χ0v) is 15.6. The quantitative estimate of drug-likeness (QED) is 0.429. The second kappa shape index (κ2) is 10.5. The number of nitrogens with two attached hydrogens (primary N) is 1. The maximum atomic E-state index is 5.95. The molecule has 1 aromatic rings. The first-order valence-corrected chi connectivity index (χ1v) is 7.00. The van der Waals surface area contributed by atoms with Crippen molar-refractivity contribution in [1.82, 2.24) is 4.90 Å². The first-order chi connectivity index (χ1) is 9.65. The van der Waals surface area contributed by atoms with Crippen molar-refractivity contribution in [3.8, 4) is 11.5 Å². The Bertz CT molecular complexity index is 449. The molecule has 0 fully saturated rings. The number of hydrogen-bond acceptors (Lipinski definition) is 3. The summed E-state index contributed by atoms with van der Waals surface area (Å²) in [6, 6.07) is 5.82. The molecule has 5 nitrogen and oxygen atoms in total. The van der Waals surface area contributed by atoms with Crippen LogP contribution in [-0.4, -0.2) is 37.7 Å². The molecule has 0 aliphatic carbocycles. The lowest BCUT2D eigenvalue weighted by atomic mass is 10.2. The van der Waals surface area contributed by atoms with Crippen molar-refractivity contribution in [1.29, 1.82) is 0 Å². The van der Waals surface area contributed by atoms with Crippen LogP contribution >= 0.6 is 24.0 Å². The second-order valence-electron chi connectivity index (χ2n) is 4.26.